The van der Waals surface area contributed by atoms with Gasteiger partial charge < -0.3 is 10.8 Å². The molecule has 0 atom stereocenters. The van der Waals surface area contributed by atoms with Crippen LogP contribution in [0.25, 0.3) is 0 Å². The number of aromatic nitrogens is 2. The van der Waals surface area contributed by atoms with Crippen molar-refractivity contribution in [3.05, 3.63) is 36.0 Å². The number of nitrogens with zero attached hydrogens (tertiary/aromatic N) is 1. The second-order valence-corrected chi connectivity index (χ2v) is 5.29. The van der Waals surface area contributed by atoms with Crippen molar-refractivity contribution in [2.45, 2.75) is 4.90 Å². The number of aromatic carboxylic acids is 1. The Morgan fingerprint density at radius 2 is 2.11 bits per heavy atom. The SMILES string of the molecule is Nc1ccc(S(=O)(=O)Nc2ccn[nH]2)c(C(=O)O)c1. The summed E-state index contributed by atoms with van der Waals surface area (Å²) in [6.07, 6.45) is 1.36. The molecule has 1 heterocycles. The van der Waals surface area contributed by atoms with Gasteiger partial charge in [0.25, 0.3) is 10.0 Å². The molecule has 0 fully saturated rings. The van der Waals surface area contributed by atoms with Crippen LogP contribution in [0.4, 0.5) is 11.5 Å². The summed E-state index contributed by atoms with van der Waals surface area (Å²) < 4.78 is 26.3. The molecule has 9 heteroatoms. The summed E-state index contributed by atoms with van der Waals surface area (Å²) in [4.78, 5) is 10.7. The van der Waals surface area contributed by atoms with Crippen LogP contribution in [0.2, 0.25) is 0 Å². The van der Waals surface area contributed by atoms with E-state index in [0.717, 1.165) is 12.1 Å². The third kappa shape index (κ3) is 2.65. The molecule has 0 amide bonds. The fourth-order valence-corrected chi connectivity index (χ4v) is 2.66. The van der Waals surface area contributed by atoms with Gasteiger partial charge >= 0.3 is 5.97 Å². The van der Waals surface area contributed by atoms with Crippen LogP contribution in [0.5, 0.6) is 0 Å². The molecule has 8 nitrogen and oxygen atoms in total. The van der Waals surface area contributed by atoms with Crippen molar-refractivity contribution in [3.63, 3.8) is 0 Å². The highest BCUT2D eigenvalue weighted by Gasteiger charge is 2.22. The van der Waals surface area contributed by atoms with Crippen molar-refractivity contribution in [2.24, 2.45) is 0 Å². The van der Waals surface area contributed by atoms with E-state index in [1.165, 1.54) is 18.3 Å². The predicted molar refractivity (Wildman–Crippen MR) is 67.2 cm³/mol. The molecule has 0 aliphatic rings. The van der Waals surface area contributed by atoms with Crippen LogP contribution in [-0.2, 0) is 10.0 Å². The zero-order valence-corrected chi connectivity index (χ0v) is 10.3. The number of carbonyl (C=O) groups is 1. The molecule has 0 unspecified atom stereocenters. The van der Waals surface area contributed by atoms with E-state index in [0.29, 0.717) is 0 Å². The number of carboxylic acids is 1. The van der Waals surface area contributed by atoms with Crippen molar-refractivity contribution >= 4 is 27.5 Å². The molecule has 0 saturated heterocycles. The van der Waals surface area contributed by atoms with Gasteiger partial charge in [0.05, 0.1) is 11.8 Å². The van der Waals surface area contributed by atoms with Gasteiger partial charge in [-0.3, -0.25) is 9.82 Å². The van der Waals surface area contributed by atoms with Gasteiger partial charge in [0.15, 0.2) is 0 Å². The smallest absolute Gasteiger partial charge is 0.337 e. The highest BCUT2D eigenvalue weighted by molar-refractivity contribution is 7.92. The molecule has 0 radical (unpaired) electrons. The number of hydrogen-bond donors (Lipinski definition) is 4. The van der Waals surface area contributed by atoms with Crippen LogP contribution < -0.4 is 10.5 Å². The standard InChI is InChI=1S/C10H10N4O4S/c11-6-1-2-8(7(5-6)10(15)16)19(17,18)14-9-3-4-12-13-9/h1-5H,11H2,(H,15,16)(H2,12,13,14). The summed E-state index contributed by atoms with van der Waals surface area (Å²) in [5, 5.41) is 15.0. The monoisotopic (exact) mass is 282 g/mol. The van der Waals surface area contributed by atoms with E-state index in [1.807, 2.05) is 0 Å². The highest BCUT2D eigenvalue weighted by Crippen LogP contribution is 2.21. The van der Waals surface area contributed by atoms with Crippen molar-refractivity contribution in [1.82, 2.24) is 10.2 Å². The molecular formula is C10H10N4O4S. The summed E-state index contributed by atoms with van der Waals surface area (Å²) in [5.41, 5.74) is 5.22. The summed E-state index contributed by atoms with van der Waals surface area (Å²) in [6.45, 7) is 0. The van der Waals surface area contributed by atoms with Crippen LogP contribution in [0.15, 0.2) is 35.4 Å². The number of nitrogens with two attached hydrogens (primary N) is 1. The number of anilines is 2. The van der Waals surface area contributed by atoms with E-state index < -0.39 is 21.6 Å². The van der Waals surface area contributed by atoms with E-state index in [1.54, 1.807) is 0 Å². The van der Waals surface area contributed by atoms with Crippen molar-refractivity contribution in [3.8, 4) is 0 Å². The predicted octanol–water partition coefficient (Wildman–Crippen LogP) is 0.491. The molecule has 1 aromatic carbocycles. The normalized spacial score (nSPS) is 11.2. The van der Waals surface area contributed by atoms with Gasteiger partial charge in [-0.15, -0.1) is 0 Å². The van der Waals surface area contributed by atoms with E-state index in [2.05, 4.69) is 14.9 Å². The third-order valence-electron chi connectivity index (χ3n) is 2.27. The Bertz CT molecular complexity index is 709. The molecule has 1 aromatic heterocycles. The number of nitrogen functional groups attached to an aromatic ring is 1. The van der Waals surface area contributed by atoms with Crippen LogP contribution in [-0.4, -0.2) is 29.7 Å². The van der Waals surface area contributed by atoms with E-state index in [4.69, 9.17) is 10.8 Å². The number of aromatic amines is 1. The largest absolute Gasteiger partial charge is 0.478 e. The lowest BCUT2D eigenvalue weighted by Gasteiger charge is -2.09. The number of carboxylic acid groups (broad SMARTS) is 1. The Labute approximate surface area is 108 Å². The van der Waals surface area contributed by atoms with Crippen LogP contribution >= 0.6 is 0 Å². The Morgan fingerprint density at radius 3 is 2.68 bits per heavy atom. The molecule has 0 spiro atoms. The van der Waals surface area contributed by atoms with Crippen molar-refractivity contribution in [2.75, 3.05) is 10.5 Å². The highest BCUT2D eigenvalue weighted by atomic mass is 32.2. The maximum Gasteiger partial charge on any atom is 0.337 e. The lowest BCUT2D eigenvalue weighted by molar-refractivity contribution is 0.0692. The lowest BCUT2D eigenvalue weighted by Crippen LogP contribution is -2.17. The number of nitrogens with one attached hydrogen (secondary N) is 2. The summed E-state index contributed by atoms with van der Waals surface area (Å²) >= 11 is 0. The first-order valence-electron chi connectivity index (χ1n) is 5.05. The first-order chi connectivity index (χ1) is 8.90. The van der Waals surface area contributed by atoms with Gasteiger partial charge in [0, 0.05) is 11.8 Å². The topological polar surface area (TPSA) is 138 Å². The number of H-pyrrole nitrogens is 1. The molecule has 0 saturated carbocycles. The first kappa shape index (κ1) is 12.9. The number of benzene rings is 1. The Kier molecular flexibility index (Phi) is 3.13. The Morgan fingerprint density at radius 1 is 1.37 bits per heavy atom. The summed E-state index contributed by atoms with van der Waals surface area (Å²) in [7, 11) is -4.03. The molecule has 100 valence electrons. The maximum absolute atomic E-state index is 12.1. The second-order valence-electron chi connectivity index (χ2n) is 3.64. The molecule has 5 N–H and O–H groups in total. The molecule has 19 heavy (non-hydrogen) atoms. The van der Waals surface area contributed by atoms with Crippen LogP contribution in [0.3, 0.4) is 0 Å². The molecule has 0 aliphatic heterocycles. The molecule has 2 aromatic rings. The summed E-state index contributed by atoms with van der Waals surface area (Å²) in [6, 6.07) is 4.94. The van der Waals surface area contributed by atoms with Crippen LogP contribution in [0.1, 0.15) is 10.4 Å². The molecule has 2 rings (SSSR count). The van der Waals surface area contributed by atoms with E-state index in [-0.39, 0.29) is 16.4 Å². The Balaban J connectivity index is 2.49. The lowest BCUT2D eigenvalue weighted by atomic mass is 10.2. The average Bonchev–Trinajstić information content (AvgIpc) is 2.80. The molecular weight excluding hydrogens is 272 g/mol. The fraction of sp³-hybridized carbons (Fsp3) is 0. The zero-order valence-electron chi connectivity index (χ0n) is 9.49. The number of sulfonamides is 1. The molecule has 0 aliphatic carbocycles. The Hall–Kier alpha value is -2.55. The minimum Gasteiger partial charge on any atom is -0.478 e. The van der Waals surface area contributed by atoms with E-state index in [9.17, 15) is 13.2 Å². The maximum atomic E-state index is 12.1. The van der Waals surface area contributed by atoms with Crippen LogP contribution in [0, 0.1) is 0 Å². The average molecular weight is 282 g/mol. The van der Waals surface area contributed by atoms with Crippen molar-refractivity contribution < 1.29 is 18.3 Å². The zero-order chi connectivity index (χ0) is 14.0. The molecule has 0 bridgehead atoms. The van der Waals surface area contributed by atoms with Gasteiger partial charge in [-0.1, -0.05) is 0 Å². The van der Waals surface area contributed by atoms with Gasteiger partial charge in [0.1, 0.15) is 10.7 Å². The minimum absolute atomic E-state index is 0.133. The second kappa shape index (κ2) is 4.61. The number of hydrogen-bond acceptors (Lipinski definition) is 5. The van der Waals surface area contributed by atoms with Gasteiger partial charge in [-0.05, 0) is 18.2 Å². The minimum atomic E-state index is -4.03. The van der Waals surface area contributed by atoms with E-state index >= 15 is 0 Å². The quantitative estimate of drug-likeness (QED) is 0.602. The first-order valence-corrected chi connectivity index (χ1v) is 6.53. The van der Waals surface area contributed by atoms with Gasteiger partial charge in [0.2, 0.25) is 0 Å². The summed E-state index contributed by atoms with van der Waals surface area (Å²) in [5.74, 6) is -1.24. The third-order valence-corrected chi connectivity index (χ3v) is 3.69. The number of rotatable bonds is 4. The van der Waals surface area contributed by atoms with Gasteiger partial charge in [-0.25, -0.2) is 13.2 Å². The fourth-order valence-electron chi connectivity index (χ4n) is 1.46. The van der Waals surface area contributed by atoms with Crippen molar-refractivity contribution in [1.29, 1.82) is 0 Å². The van der Waals surface area contributed by atoms with Gasteiger partial charge in [-0.2, -0.15) is 5.10 Å².